The van der Waals surface area contributed by atoms with E-state index in [2.05, 4.69) is 5.32 Å². The molecule has 3 rings (SSSR count). The van der Waals surface area contributed by atoms with E-state index in [0.29, 0.717) is 32.5 Å². The zero-order valence-electron chi connectivity index (χ0n) is 18.1. The average molecular weight is 448 g/mol. The summed E-state index contributed by atoms with van der Waals surface area (Å²) in [6, 6.07) is 11.8. The summed E-state index contributed by atoms with van der Waals surface area (Å²) >= 11 is 0. The summed E-state index contributed by atoms with van der Waals surface area (Å²) in [5.74, 6) is 0.200. The van der Waals surface area contributed by atoms with Crippen molar-refractivity contribution < 1.29 is 27.5 Å². The van der Waals surface area contributed by atoms with E-state index in [9.17, 15) is 22.8 Å². The third-order valence-electron chi connectivity index (χ3n) is 5.37. The Bertz CT molecular complexity index is 917. The Morgan fingerprint density at radius 3 is 2.16 bits per heavy atom. The Kier molecular flexibility index (Phi) is 7.43. The zero-order valence-corrected chi connectivity index (χ0v) is 18.1. The Balaban J connectivity index is 1.46. The predicted molar refractivity (Wildman–Crippen MR) is 114 cm³/mol. The molecular weight excluding hydrogens is 421 g/mol. The number of nitrogens with one attached hydrogen (secondary N) is 1. The number of likely N-dealkylation sites (tertiary alicyclic amines) is 1. The van der Waals surface area contributed by atoms with Crippen molar-refractivity contribution in [1.29, 1.82) is 0 Å². The average Bonchev–Trinajstić information content (AvgIpc) is 2.77. The summed E-state index contributed by atoms with van der Waals surface area (Å²) in [6.07, 6.45) is -3.31. The highest BCUT2D eigenvalue weighted by molar-refractivity contribution is 5.94. The second-order valence-corrected chi connectivity index (χ2v) is 8.17. The van der Waals surface area contributed by atoms with Gasteiger partial charge in [0.1, 0.15) is 5.75 Å². The molecule has 0 saturated carbocycles. The van der Waals surface area contributed by atoms with Crippen molar-refractivity contribution >= 4 is 11.8 Å². The van der Waals surface area contributed by atoms with E-state index in [-0.39, 0.29) is 29.4 Å². The molecule has 32 heavy (non-hydrogen) atoms. The summed E-state index contributed by atoms with van der Waals surface area (Å²) in [5.41, 5.74) is 0.390. The molecule has 2 amide bonds. The van der Waals surface area contributed by atoms with Crippen LogP contribution < -0.4 is 10.1 Å². The van der Waals surface area contributed by atoms with Gasteiger partial charge in [0.05, 0.1) is 11.7 Å². The number of amides is 2. The van der Waals surface area contributed by atoms with Crippen molar-refractivity contribution in [1.82, 2.24) is 10.2 Å². The van der Waals surface area contributed by atoms with E-state index in [1.165, 1.54) is 12.1 Å². The third kappa shape index (κ3) is 6.24. The van der Waals surface area contributed by atoms with Crippen LogP contribution in [0.1, 0.15) is 48.2 Å². The van der Waals surface area contributed by atoms with Crippen LogP contribution in [0.15, 0.2) is 48.5 Å². The Hall–Kier alpha value is -3.03. The smallest absolute Gasteiger partial charge is 0.416 e. The SMILES string of the molecule is CC(C)Oc1ccc(CNC(=O)C2CCN(C(=O)c3ccc(C(F)(F)F)cc3)CC2)cc1. The lowest BCUT2D eigenvalue weighted by atomic mass is 9.95. The van der Waals surface area contributed by atoms with Gasteiger partial charge in [0, 0.05) is 31.1 Å². The lowest BCUT2D eigenvalue weighted by Crippen LogP contribution is -2.42. The first-order valence-corrected chi connectivity index (χ1v) is 10.6. The van der Waals surface area contributed by atoms with Crippen LogP contribution in [-0.2, 0) is 17.5 Å². The number of hydrogen-bond acceptors (Lipinski definition) is 3. The molecule has 1 aliphatic heterocycles. The first-order valence-electron chi connectivity index (χ1n) is 10.6. The van der Waals surface area contributed by atoms with Crippen molar-refractivity contribution in [2.45, 2.75) is 45.5 Å². The molecule has 8 heteroatoms. The predicted octanol–water partition coefficient (Wildman–Crippen LogP) is 4.66. The molecule has 0 radical (unpaired) electrons. The van der Waals surface area contributed by atoms with Gasteiger partial charge < -0.3 is 15.0 Å². The molecule has 0 bridgehead atoms. The van der Waals surface area contributed by atoms with Crippen LogP contribution >= 0.6 is 0 Å². The van der Waals surface area contributed by atoms with Gasteiger partial charge in [0.2, 0.25) is 5.91 Å². The number of halogens is 3. The Morgan fingerprint density at radius 1 is 1.03 bits per heavy atom. The molecule has 2 aromatic carbocycles. The monoisotopic (exact) mass is 448 g/mol. The van der Waals surface area contributed by atoms with Crippen molar-refractivity contribution in [3.8, 4) is 5.75 Å². The molecule has 2 aromatic rings. The van der Waals surface area contributed by atoms with Crippen molar-refractivity contribution in [3.63, 3.8) is 0 Å². The number of hydrogen-bond donors (Lipinski definition) is 1. The van der Waals surface area contributed by atoms with Crippen LogP contribution in [0.5, 0.6) is 5.75 Å². The second kappa shape index (κ2) is 10.1. The Labute approximate surface area is 185 Å². The molecule has 0 spiro atoms. The summed E-state index contributed by atoms with van der Waals surface area (Å²) < 4.78 is 43.7. The molecule has 0 unspecified atom stereocenters. The van der Waals surface area contributed by atoms with Gasteiger partial charge in [-0.2, -0.15) is 13.2 Å². The standard InChI is InChI=1S/C24H27F3N2O3/c1-16(2)32-21-9-3-17(4-10-21)15-28-22(30)18-11-13-29(14-12-18)23(31)19-5-7-20(8-6-19)24(25,26)27/h3-10,16,18H,11-15H2,1-2H3,(H,28,30). The second-order valence-electron chi connectivity index (χ2n) is 8.17. The fourth-order valence-electron chi connectivity index (χ4n) is 3.62. The number of carbonyl (C=O) groups is 2. The van der Waals surface area contributed by atoms with Gasteiger partial charge in [-0.1, -0.05) is 12.1 Å². The Morgan fingerprint density at radius 2 is 1.62 bits per heavy atom. The fraction of sp³-hybridized carbons (Fsp3) is 0.417. The van der Waals surface area contributed by atoms with Gasteiger partial charge >= 0.3 is 6.18 Å². The summed E-state index contributed by atoms with van der Waals surface area (Å²) in [5, 5.41) is 2.94. The molecule has 1 aliphatic rings. The van der Waals surface area contributed by atoms with E-state index in [4.69, 9.17) is 4.74 Å². The lowest BCUT2D eigenvalue weighted by Gasteiger charge is -2.31. The number of carbonyl (C=O) groups excluding carboxylic acids is 2. The number of benzene rings is 2. The largest absolute Gasteiger partial charge is 0.491 e. The van der Waals surface area contributed by atoms with Crippen LogP contribution in [0, 0.1) is 5.92 Å². The van der Waals surface area contributed by atoms with Crippen molar-refractivity contribution in [2.75, 3.05) is 13.1 Å². The normalized spacial score (nSPS) is 15.0. The van der Waals surface area contributed by atoms with E-state index in [0.717, 1.165) is 23.4 Å². The topological polar surface area (TPSA) is 58.6 Å². The van der Waals surface area contributed by atoms with Gasteiger partial charge in [-0.3, -0.25) is 9.59 Å². The highest BCUT2D eigenvalue weighted by Crippen LogP contribution is 2.29. The summed E-state index contributed by atoms with van der Waals surface area (Å²) in [4.78, 5) is 26.7. The molecule has 0 atom stereocenters. The molecule has 1 N–H and O–H groups in total. The van der Waals surface area contributed by atoms with E-state index in [1.807, 2.05) is 38.1 Å². The maximum atomic E-state index is 12.7. The molecule has 172 valence electrons. The third-order valence-corrected chi connectivity index (χ3v) is 5.37. The van der Waals surface area contributed by atoms with Crippen LogP contribution in [0.25, 0.3) is 0 Å². The van der Waals surface area contributed by atoms with Crippen LogP contribution in [0.2, 0.25) is 0 Å². The van der Waals surface area contributed by atoms with Crippen LogP contribution in [-0.4, -0.2) is 35.9 Å². The van der Waals surface area contributed by atoms with Gasteiger partial charge in [-0.15, -0.1) is 0 Å². The first kappa shape index (κ1) is 23.6. The molecule has 0 aliphatic carbocycles. The number of ether oxygens (including phenoxy) is 1. The number of alkyl halides is 3. The van der Waals surface area contributed by atoms with Crippen LogP contribution in [0.4, 0.5) is 13.2 Å². The van der Waals surface area contributed by atoms with Gasteiger partial charge in [-0.25, -0.2) is 0 Å². The van der Waals surface area contributed by atoms with Gasteiger partial charge in [-0.05, 0) is 68.7 Å². The van der Waals surface area contributed by atoms with Crippen LogP contribution in [0.3, 0.4) is 0 Å². The van der Waals surface area contributed by atoms with Gasteiger partial charge in [0.25, 0.3) is 5.91 Å². The number of nitrogens with zero attached hydrogens (tertiary/aromatic N) is 1. The number of rotatable bonds is 6. The minimum atomic E-state index is -4.43. The lowest BCUT2D eigenvalue weighted by molar-refractivity contribution is -0.137. The maximum Gasteiger partial charge on any atom is 0.416 e. The van der Waals surface area contributed by atoms with E-state index < -0.39 is 11.7 Å². The summed E-state index contributed by atoms with van der Waals surface area (Å²) in [7, 11) is 0. The molecule has 1 heterocycles. The minimum absolute atomic E-state index is 0.0610. The first-order chi connectivity index (χ1) is 15.1. The van der Waals surface area contributed by atoms with Gasteiger partial charge in [0.15, 0.2) is 0 Å². The molecule has 5 nitrogen and oxygen atoms in total. The maximum absolute atomic E-state index is 12.7. The fourth-order valence-corrected chi connectivity index (χ4v) is 3.62. The van der Waals surface area contributed by atoms with E-state index in [1.54, 1.807) is 4.90 Å². The quantitative estimate of drug-likeness (QED) is 0.699. The number of piperidine rings is 1. The van der Waals surface area contributed by atoms with E-state index >= 15 is 0 Å². The molecular formula is C24H27F3N2O3. The van der Waals surface area contributed by atoms with Crippen molar-refractivity contribution in [2.24, 2.45) is 5.92 Å². The summed E-state index contributed by atoms with van der Waals surface area (Å²) in [6.45, 7) is 5.09. The zero-order chi connectivity index (χ0) is 23.3. The molecule has 0 aromatic heterocycles. The molecule has 1 fully saturated rings. The molecule has 1 saturated heterocycles. The van der Waals surface area contributed by atoms with Crippen molar-refractivity contribution in [3.05, 3.63) is 65.2 Å². The minimum Gasteiger partial charge on any atom is -0.491 e. The highest BCUT2D eigenvalue weighted by atomic mass is 19.4. The highest BCUT2D eigenvalue weighted by Gasteiger charge is 2.31.